The van der Waals surface area contributed by atoms with Crippen molar-refractivity contribution in [1.82, 2.24) is 14.2 Å². The van der Waals surface area contributed by atoms with Crippen LogP contribution in [0.3, 0.4) is 0 Å². The van der Waals surface area contributed by atoms with Gasteiger partial charge in [0.25, 0.3) is 5.91 Å². The molecule has 1 N–H and O–H groups in total. The van der Waals surface area contributed by atoms with Crippen molar-refractivity contribution in [1.29, 1.82) is 0 Å². The van der Waals surface area contributed by atoms with Crippen LogP contribution in [0.2, 0.25) is 0 Å². The molecule has 0 radical (unpaired) electrons. The molecule has 0 aliphatic carbocycles. The van der Waals surface area contributed by atoms with Crippen molar-refractivity contribution in [2.45, 2.75) is 17.9 Å². The number of anilines is 1. The molecule has 5 rings (SSSR count). The number of amides is 1. The summed E-state index contributed by atoms with van der Waals surface area (Å²) in [5, 5.41) is 4.79. The first-order valence-electron chi connectivity index (χ1n) is 10.8. The molecule has 7 nitrogen and oxygen atoms in total. The average molecular weight is 513 g/mol. The predicted octanol–water partition coefficient (Wildman–Crippen LogP) is 4.52. The van der Waals surface area contributed by atoms with Crippen LogP contribution >= 0.6 is 22.7 Å². The van der Waals surface area contributed by atoms with Crippen LogP contribution in [0.4, 0.5) is 5.00 Å². The van der Waals surface area contributed by atoms with Gasteiger partial charge < -0.3 is 10.2 Å². The number of likely N-dealkylation sites (N-methyl/N-ethyl adjacent to an activating group) is 1. The van der Waals surface area contributed by atoms with Crippen molar-refractivity contribution in [3.63, 3.8) is 0 Å². The summed E-state index contributed by atoms with van der Waals surface area (Å²) in [5.74, 6) is -0.275. The van der Waals surface area contributed by atoms with E-state index in [4.69, 9.17) is 4.98 Å². The Balaban J connectivity index is 1.51. The van der Waals surface area contributed by atoms with Gasteiger partial charge in [0.1, 0.15) is 10.0 Å². The summed E-state index contributed by atoms with van der Waals surface area (Å²) in [6.07, 6.45) is 0.903. The topological polar surface area (TPSA) is 82.6 Å². The highest BCUT2D eigenvalue weighted by Crippen LogP contribution is 2.45. The normalized spacial score (nSPS) is 14.5. The molecule has 0 saturated carbocycles. The third kappa shape index (κ3) is 4.16. The van der Waals surface area contributed by atoms with E-state index in [0.717, 1.165) is 49.6 Å². The van der Waals surface area contributed by atoms with Crippen LogP contribution < -0.4 is 5.32 Å². The van der Waals surface area contributed by atoms with Crippen molar-refractivity contribution in [2.24, 2.45) is 0 Å². The molecule has 2 aromatic carbocycles. The molecule has 176 valence electrons. The number of benzene rings is 2. The summed E-state index contributed by atoms with van der Waals surface area (Å²) in [6, 6.07) is 14.1. The van der Waals surface area contributed by atoms with Crippen LogP contribution in [0.15, 0.2) is 53.4 Å². The Kier molecular flexibility index (Phi) is 6.03. The first kappa shape index (κ1) is 23.1. The molecule has 0 spiro atoms. The molecule has 0 saturated heterocycles. The van der Waals surface area contributed by atoms with E-state index in [1.54, 1.807) is 34.8 Å². The van der Waals surface area contributed by atoms with Crippen LogP contribution in [0.5, 0.6) is 0 Å². The lowest BCUT2D eigenvalue weighted by Crippen LogP contribution is -2.25. The largest absolute Gasteiger partial charge is 0.313 e. The number of nitrogens with one attached hydrogen (secondary N) is 1. The summed E-state index contributed by atoms with van der Waals surface area (Å²) >= 11 is 3.23. The highest BCUT2D eigenvalue weighted by Gasteiger charge is 2.27. The lowest BCUT2D eigenvalue weighted by molar-refractivity contribution is 0.102. The Morgan fingerprint density at radius 1 is 1.09 bits per heavy atom. The van der Waals surface area contributed by atoms with Gasteiger partial charge in [-0.3, -0.25) is 4.79 Å². The maximum absolute atomic E-state index is 13.2. The Morgan fingerprint density at radius 2 is 1.82 bits per heavy atom. The Labute approximate surface area is 206 Å². The SMILES string of the molecule is CN1CCc2c(sc(NC(=O)c3ccc(S(=O)(=O)N(C)C)cc3)c2-c2nc3ccccc3s2)C1. The molecule has 0 bridgehead atoms. The Bertz CT molecular complexity index is 1450. The molecule has 0 atom stereocenters. The molecule has 2 aromatic heterocycles. The number of para-hydroxylation sites is 1. The second-order valence-corrected chi connectivity index (χ2v) is 12.7. The number of fused-ring (bicyclic) bond motifs is 2. The molecule has 3 heterocycles. The molecule has 0 fully saturated rings. The monoisotopic (exact) mass is 512 g/mol. The summed E-state index contributed by atoms with van der Waals surface area (Å²) in [4.78, 5) is 21.7. The zero-order valence-electron chi connectivity index (χ0n) is 19.0. The van der Waals surface area contributed by atoms with Crippen molar-refractivity contribution >= 4 is 53.8 Å². The molecule has 1 amide bonds. The van der Waals surface area contributed by atoms with Crippen molar-refractivity contribution in [3.05, 3.63) is 64.5 Å². The minimum atomic E-state index is -3.55. The molecule has 1 aliphatic heterocycles. The highest BCUT2D eigenvalue weighted by molar-refractivity contribution is 7.89. The van der Waals surface area contributed by atoms with Crippen molar-refractivity contribution < 1.29 is 13.2 Å². The van der Waals surface area contributed by atoms with Gasteiger partial charge in [-0.15, -0.1) is 22.7 Å². The highest BCUT2D eigenvalue weighted by atomic mass is 32.2. The fourth-order valence-electron chi connectivity index (χ4n) is 3.99. The minimum absolute atomic E-state index is 0.152. The van der Waals surface area contributed by atoms with Crippen LogP contribution in [0.1, 0.15) is 20.8 Å². The zero-order chi connectivity index (χ0) is 24.0. The summed E-state index contributed by atoms with van der Waals surface area (Å²) in [7, 11) is 1.51. The molecule has 1 aliphatic rings. The maximum atomic E-state index is 13.2. The number of thiazole rings is 1. The van der Waals surface area contributed by atoms with Gasteiger partial charge in [-0.05, 0) is 55.4 Å². The third-order valence-electron chi connectivity index (χ3n) is 5.88. The van der Waals surface area contributed by atoms with E-state index in [9.17, 15) is 13.2 Å². The number of carbonyl (C=O) groups excluding carboxylic acids is 1. The van der Waals surface area contributed by atoms with E-state index in [1.165, 1.54) is 36.7 Å². The van der Waals surface area contributed by atoms with Gasteiger partial charge in [-0.25, -0.2) is 17.7 Å². The van der Waals surface area contributed by atoms with Crippen LogP contribution in [0, 0.1) is 0 Å². The van der Waals surface area contributed by atoms with E-state index in [0.29, 0.717) is 5.56 Å². The Hall–Kier alpha value is -2.63. The summed E-state index contributed by atoms with van der Waals surface area (Å²) in [6.45, 7) is 1.79. The first-order chi connectivity index (χ1) is 16.2. The molecule has 34 heavy (non-hydrogen) atoms. The molecule has 0 unspecified atom stereocenters. The fourth-order valence-corrected chi connectivity index (χ4v) is 7.32. The van der Waals surface area contributed by atoms with E-state index in [1.807, 2.05) is 18.2 Å². The maximum Gasteiger partial charge on any atom is 0.256 e. The van der Waals surface area contributed by atoms with Crippen LogP contribution in [-0.4, -0.2) is 56.2 Å². The number of hydrogen-bond acceptors (Lipinski definition) is 7. The van der Waals surface area contributed by atoms with Gasteiger partial charge in [0, 0.05) is 43.2 Å². The summed E-state index contributed by atoms with van der Waals surface area (Å²) in [5.41, 5.74) is 3.61. The number of nitrogens with zero attached hydrogens (tertiary/aromatic N) is 3. The van der Waals surface area contributed by atoms with Gasteiger partial charge in [0.15, 0.2) is 0 Å². The van der Waals surface area contributed by atoms with E-state index in [-0.39, 0.29) is 10.8 Å². The fraction of sp³-hybridized carbons (Fsp3) is 0.250. The Morgan fingerprint density at radius 3 is 2.53 bits per heavy atom. The van der Waals surface area contributed by atoms with E-state index >= 15 is 0 Å². The van der Waals surface area contributed by atoms with Crippen molar-refractivity contribution in [2.75, 3.05) is 33.0 Å². The molecular weight excluding hydrogens is 488 g/mol. The first-order valence-corrected chi connectivity index (χ1v) is 13.8. The number of sulfonamides is 1. The summed E-state index contributed by atoms with van der Waals surface area (Å²) < 4.78 is 26.9. The number of carbonyl (C=O) groups is 1. The van der Waals surface area contributed by atoms with Crippen molar-refractivity contribution in [3.8, 4) is 10.6 Å². The smallest absolute Gasteiger partial charge is 0.256 e. The van der Waals surface area contributed by atoms with Gasteiger partial charge in [-0.2, -0.15) is 0 Å². The number of thiophene rings is 1. The number of aromatic nitrogens is 1. The molecular formula is C24H24N4O3S3. The second-order valence-electron chi connectivity index (χ2n) is 8.45. The third-order valence-corrected chi connectivity index (χ3v) is 9.89. The van der Waals surface area contributed by atoms with Gasteiger partial charge in [0.2, 0.25) is 10.0 Å². The van der Waals surface area contributed by atoms with Gasteiger partial charge >= 0.3 is 0 Å². The standard InChI is InChI=1S/C24H24N4O3S3/c1-27(2)34(30,31)16-10-8-15(9-11-16)22(29)26-24-21(17-12-13-28(3)14-20(17)33-24)23-25-18-6-4-5-7-19(18)32-23/h4-11H,12-14H2,1-3H3,(H,26,29). The number of rotatable bonds is 5. The molecule has 4 aromatic rings. The van der Waals surface area contributed by atoms with E-state index < -0.39 is 10.0 Å². The lowest BCUT2D eigenvalue weighted by atomic mass is 10.0. The lowest BCUT2D eigenvalue weighted by Gasteiger charge is -2.22. The van der Waals surface area contributed by atoms with Gasteiger partial charge in [0.05, 0.1) is 15.1 Å². The van der Waals surface area contributed by atoms with Crippen LogP contribution in [-0.2, 0) is 23.0 Å². The average Bonchev–Trinajstić information content (AvgIpc) is 3.39. The zero-order valence-corrected chi connectivity index (χ0v) is 21.5. The predicted molar refractivity (Wildman–Crippen MR) is 138 cm³/mol. The second kappa shape index (κ2) is 8.86. The van der Waals surface area contributed by atoms with Crippen LogP contribution in [0.25, 0.3) is 20.8 Å². The number of hydrogen-bond donors (Lipinski definition) is 1. The van der Waals surface area contributed by atoms with E-state index in [2.05, 4.69) is 23.3 Å². The minimum Gasteiger partial charge on any atom is -0.313 e. The van der Waals surface area contributed by atoms with Gasteiger partial charge in [-0.1, -0.05) is 12.1 Å². The molecule has 10 heteroatoms. The quantitative estimate of drug-likeness (QED) is 0.425.